The van der Waals surface area contributed by atoms with Gasteiger partial charge in [0.2, 0.25) is 0 Å². The molecule has 2 rings (SSSR count). The number of hydrogen-bond acceptors (Lipinski definition) is 4. The van der Waals surface area contributed by atoms with Crippen LogP contribution in [0.1, 0.15) is 43.9 Å². The molecule has 31 heavy (non-hydrogen) atoms. The van der Waals surface area contributed by atoms with Gasteiger partial charge in [0.25, 0.3) is 5.56 Å². The molecule has 0 amide bonds. The van der Waals surface area contributed by atoms with E-state index in [1.807, 2.05) is 26.0 Å². The molecule has 0 aliphatic heterocycles. The third kappa shape index (κ3) is 7.30. The molecule has 0 atom stereocenters. The number of thiocarbonyl (C=S) groups is 1. The normalized spacial score (nSPS) is 11.3. The van der Waals surface area contributed by atoms with Gasteiger partial charge in [0.1, 0.15) is 0 Å². The fourth-order valence-electron chi connectivity index (χ4n) is 3.62. The highest BCUT2D eigenvalue weighted by molar-refractivity contribution is 7.80. The number of H-pyrrole nitrogens is 1. The van der Waals surface area contributed by atoms with Crippen LogP contribution >= 0.6 is 12.2 Å². The van der Waals surface area contributed by atoms with Crippen molar-refractivity contribution in [1.29, 1.82) is 0 Å². The molecule has 0 aliphatic rings. The number of aryl methyl sites for hydroxylation is 2. The Morgan fingerprint density at radius 3 is 2.52 bits per heavy atom. The molecule has 0 bridgehead atoms. The number of fused-ring (bicyclic) bond motifs is 1. The predicted octanol–water partition coefficient (Wildman–Crippen LogP) is 3.59. The van der Waals surface area contributed by atoms with Crippen molar-refractivity contribution in [3.8, 4) is 0 Å². The molecule has 0 unspecified atom stereocenters. The maximum absolute atomic E-state index is 12.9. The zero-order chi connectivity index (χ0) is 22.8. The molecule has 2 aromatic rings. The Morgan fingerprint density at radius 2 is 1.84 bits per heavy atom. The van der Waals surface area contributed by atoms with E-state index >= 15 is 0 Å². The first kappa shape index (κ1) is 25.3. The van der Waals surface area contributed by atoms with Gasteiger partial charge in [-0.25, -0.2) is 0 Å². The van der Waals surface area contributed by atoms with Gasteiger partial charge in [0.15, 0.2) is 5.11 Å². The van der Waals surface area contributed by atoms with Crippen LogP contribution in [0.3, 0.4) is 0 Å². The Balaban J connectivity index is 2.21. The van der Waals surface area contributed by atoms with Crippen molar-refractivity contribution in [1.82, 2.24) is 20.1 Å². The second-order valence-corrected chi connectivity index (χ2v) is 8.23. The lowest BCUT2D eigenvalue weighted by Crippen LogP contribution is -2.44. The molecule has 172 valence electrons. The number of ether oxygens (including phenoxy) is 1. The van der Waals surface area contributed by atoms with Crippen molar-refractivity contribution >= 4 is 28.2 Å². The van der Waals surface area contributed by atoms with Crippen LogP contribution in [0.5, 0.6) is 0 Å². The van der Waals surface area contributed by atoms with E-state index in [0.29, 0.717) is 18.3 Å². The third-order valence-electron chi connectivity index (χ3n) is 5.70. The molecular formula is C24H38N4O2S. The average Bonchev–Trinajstić information content (AvgIpc) is 2.76. The summed E-state index contributed by atoms with van der Waals surface area (Å²) >= 11 is 5.71. The van der Waals surface area contributed by atoms with Gasteiger partial charge in [-0.05, 0) is 69.7 Å². The van der Waals surface area contributed by atoms with Crippen LogP contribution in [0.2, 0.25) is 0 Å². The van der Waals surface area contributed by atoms with Gasteiger partial charge >= 0.3 is 0 Å². The van der Waals surface area contributed by atoms with Gasteiger partial charge in [-0.15, -0.1) is 0 Å². The minimum absolute atomic E-state index is 0.0480. The summed E-state index contributed by atoms with van der Waals surface area (Å²) in [6.45, 7) is 16.8. The van der Waals surface area contributed by atoms with Crippen molar-refractivity contribution in [3.05, 3.63) is 45.2 Å². The number of rotatable bonds is 12. The summed E-state index contributed by atoms with van der Waals surface area (Å²) in [7, 11) is 0. The largest absolute Gasteiger partial charge is 0.382 e. The highest BCUT2D eigenvalue weighted by atomic mass is 32.1. The topological polar surface area (TPSA) is 60.6 Å². The summed E-state index contributed by atoms with van der Waals surface area (Å²) < 4.78 is 5.41. The minimum Gasteiger partial charge on any atom is -0.382 e. The summed E-state index contributed by atoms with van der Waals surface area (Å²) in [5.74, 6) is 0. The van der Waals surface area contributed by atoms with Gasteiger partial charge in [-0.1, -0.05) is 26.0 Å². The van der Waals surface area contributed by atoms with Crippen LogP contribution in [0.15, 0.2) is 23.0 Å². The summed E-state index contributed by atoms with van der Waals surface area (Å²) in [4.78, 5) is 20.4. The number of benzene rings is 1. The Kier molecular flexibility index (Phi) is 10.4. The Hall–Kier alpha value is -1.96. The van der Waals surface area contributed by atoms with Crippen molar-refractivity contribution < 1.29 is 4.74 Å². The maximum atomic E-state index is 12.9. The van der Waals surface area contributed by atoms with E-state index in [1.165, 1.54) is 0 Å². The molecule has 1 aromatic heterocycles. The van der Waals surface area contributed by atoms with Gasteiger partial charge in [-0.3, -0.25) is 4.79 Å². The second kappa shape index (κ2) is 12.8. The van der Waals surface area contributed by atoms with Gasteiger partial charge in [0, 0.05) is 43.8 Å². The molecule has 0 spiro atoms. The smallest absolute Gasteiger partial charge is 0.253 e. The van der Waals surface area contributed by atoms with Crippen molar-refractivity contribution in [3.63, 3.8) is 0 Å². The van der Waals surface area contributed by atoms with Crippen LogP contribution in [-0.4, -0.2) is 65.8 Å². The van der Waals surface area contributed by atoms with Crippen LogP contribution in [-0.2, 0) is 11.3 Å². The number of aromatic nitrogens is 1. The van der Waals surface area contributed by atoms with E-state index in [0.717, 1.165) is 73.3 Å². The SMILES string of the molecule is CCOCCCNC(=S)N(CCN(CC)CC)Cc1cc2c(C)ccc(C)c2[nH]c1=O. The van der Waals surface area contributed by atoms with E-state index < -0.39 is 0 Å². The molecule has 6 nitrogen and oxygen atoms in total. The van der Waals surface area contributed by atoms with Gasteiger partial charge in [-0.2, -0.15) is 0 Å². The highest BCUT2D eigenvalue weighted by Crippen LogP contribution is 2.20. The zero-order valence-corrected chi connectivity index (χ0v) is 20.5. The van der Waals surface area contributed by atoms with Crippen LogP contribution < -0.4 is 10.9 Å². The second-order valence-electron chi connectivity index (χ2n) is 7.84. The maximum Gasteiger partial charge on any atom is 0.253 e. The number of likely N-dealkylation sites (N-methyl/N-ethyl adjacent to an activating group) is 1. The lowest BCUT2D eigenvalue weighted by molar-refractivity contribution is 0.145. The van der Waals surface area contributed by atoms with E-state index in [-0.39, 0.29) is 5.56 Å². The number of hydrogen-bond donors (Lipinski definition) is 2. The molecule has 0 saturated carbocycles. The van der Waals surface area contributed by atoms with E-state index in [4.69, 9.17) is 17.0 Å². The molecule has 2 N–H and O–H groups in total. The fraction of sp³-hybridized carbons (Fsp3) is 0.583. The molecule has 1 aromatic carbocycles. The van der Waals surface area contributed by atoms with Crippen molar-refractivity contribution in [2.75, 3.05) is 45.9 Å². The lowest BCUT2D eigenvalue weighted by atomic mass is 10.0. The molecule has 0 radical (unpaired) electrons. The summed E-state index contributed by atoms with van der Waals surface area (Å²) in [5.41, 5.74) is 3.84. The fourth-order valence-corrected chi connectivity index (χ4v) is 3.88. The molecule has 0 saturated heterocycles. The van der Waals surface area contributed by atoms with Gasteiger partial charge in [0.05, 0.1) is 12.1 Å². The minimum atomic E-state index is -0.0480. The molecule has 0 fully saturated rings. The van der Waals surface area contributed by atoms with Gasteiger partial charge < -0.3 is 24.8 Å². The molecule has 0 aliphatic carbocycles. The van der Waals surface area contributed by atoms with E-state index in [2.05, 4.69) is 46.9 Å². The molecule has 7 heteroatoms. The number of nitrogens with zero attached hydrogens (tertiary/aromatic N) is 2. The number of nitrogens with one attached hydrogen (secondary N) is 2. The predicted molar refractivity (Wildman–Crippen MR) is 134 cm³/mol. The number of aromatic amines is 1. The van der Waals surface area contributed by atoms with Crippen LogP contribution in [0.4, 0.5) is 0 Å². The third-order valence-corrected chi connectivity index (χ3v) is 6.10. The van der Waals surface area contributed by atoms with Crippen LogP contribution in [0.25, 0.3) is 10.9 Å². The lowest BCUT2D eigenvalue weighted by Gasteiger charge is -2.29. The summed E-state index contributed by atoms with van der Waals surface area (Å²) in [6, 6.07) is 6.17. The monoisotopic (exact) mass is 446 g/mol. The first-order valence-electron chi connectivity index (χ1n) is 11.4. The van der Waals surface area contributed by atoms with Crippen LogP contribution in [0, 0.1) is 13.8 Å². The Morgan fingerprint density at radius 1 is 1.13 bits per heavy atom. The average molecular weight is 447 g/mol. The zero-order valence-electron chi connectivity index (χ0n) is 19.7. The van der Waals surface area contributed by atoms with Crippen molar-refractivity contribution in [2.24, 2.45) is 0 Å². The summed E-state index contributed by atoms with van der Waals surface area (Å²) in [6.07, 6.45) is 0.896. The standard InChI is InChI=1S/C24H38N4O2S/c1-6-27(7-2)13-14-28(24(31)25-12-9-15-30-8-3)17-20-16-21-18(4)10-11-19(5)22(21)26-23(20)29/h10-11,16H,6-9,12-15,17H2,1-5H3,(H,25,31)(H,26,29). The Labute approximate surface area is 192 Å². The number of pyridine rings is 1. The van der Waals surface area contributed by atoms with Crippen molar-refractivity contribution in [2.45, 2.75) is 47.6 Å². The summed E-state index contributed by atoms with van der Waals surface area (Å²) in [5, 5.41) is 5.12. The first-order chi connectivity index (χ1) is 14.9. The first-order valence-corrected chi connectivity index (χ1v) is 11.8. The van der Waals surface area contributed by atoms with E-state index in [1.54, 1.807) is 0 Å². The quantitative estimate of drug-likeness (QED) is 0.384. The molecular weight excluding hydrogens is 408 g/mol. The van der Waals surface area contributed by atoms with E-state index in [9.17, 15) is 4.79 Å². The molecule has 1 heterocycles. The highest BCUT2D eigenvalue weighted by Gasteiger charge is 2.15. The Bertz CT molecular complexity index is 908.